The number of sulfone groups is 1. The van der Waals surface area contributed by atoms with Crippen LogP contribution in [0.3, 0.4) is 0 Å². The van der Waals surface area contributed by atoms with Gasteiger partial charge in [-0.25, -0.2) is 18.4 Å². The van der Waals surface area contributed by atoms with Crippen LogP contribution in [-0.2, 0) is 16.4 Å². The molecule has 1 N–H and O–H groups in total. The van der Waals surface area contributed by atoms with E-state index in [4.69, 9.17) is 16.3 Å². The number of nitrogens with one attached hydrogen (secondary N) is 1. The summed E-state index contributed by atoms with van der Waals surface area (Å²) in [5.41, 5.74) is 1.79. The van der Waals surface area contributed by atoms with Gasteiger partial charge in [0.05, 0.1) is 13.2 Å². The van der Waals surface area contributed by atoms with E-state index in [0.29, 0.717) is 12.4 Å². The lowest BCUT2D eigenvalue weighted by molar-refractivity contribution is 0.414. The fraction of sp³-hybridized carbons (Fsp3) is 0.286. The first-order chi connectivity index (χ1) is 15.1. The molecule has 0 bridgehead atoms. The first-order valence-corrected chi connectivity index (χ1v) is 11.9. The van der Waals surface area contributed by atoms with Gasteiger partial charge in [0.2, 0.25) is 20.8 Å². The molecule has 0 radical (unpaired) electrons. The normalized spacial score (nSPS) is 12.3. The molecular weight excluding hydrogens is 457 g/mol. The smallest absolute Gasteiger partial charge is 0.250 e. The van der Waals surface area contributed by atoms with Crippen molar-refractivity contribution in [3.63, 3.8) is 0 Å². The van der Waals surface area contributed by atoms with Gasteiger partial charge in [-0.05, 0) is 30.7 Å². The third-order valence-electron chi connectivity index (χ3n) is 4.93. The zero-order valence-electron chi connectivity index (χ0n) is 18.0. The Bertz CT molecular complexity index is 1210. The van der Waals surface area contributed by atoms with Gasteiger partial charge in [0.15, 0.2) is 11.0 Å². The molecule has 1 unspecified atom stereocenters. The fourth-order valence-corrected chi connectivity index (χ4v) is 3.74. The number of anilines is 2. The molecule has 11 heteroatoms. The van der Waals surface area contributed by atoms with E-state index in [2.05, 4.69) is 20.3 Å². The maximum atomic E-state index is 14.7. The zero-order chi connectivity index (χ0) is 23.5. The highest BCUT2D eigenvalue weighted by Crippen LogP contribution is 2.32. The lowest BCUT2D eigenvalue weighted by atomic mass is 10.1. The van der Waals surface area contributed by atoms with Crippen LogP contribution in [0.4, 0.5) is 16.0 Å². The van der Waals surface area contributed by atoms with Gasteiger partial charge >= 0.3 is 0 Å². The summed E-state index contributed by atoms with van der Waals surface area (Å²) in [6.45, 7) is 2.33. The lowest BCUT2D eigenvalue weighted by Gasteiger charge is -2.28. The number of methoxy groups -OCH3 is 1. The van der Waals surface area contributed by atoms with Crippen LogP contribution >= 0.6 is 11.6 Å². The molecule has 0 aliphatic rings. The second-order valence-electron chi connectivity index (χ2n) is 7.14. The van der Waals surface area contributed by atoms with Crippen molar-refractivity contribution in [3.8, 4) is 5.75 Å². The minimum absolute atomic E-state index is 0.220. The van der Waals surface area contributed by atoms with Crippen LogP contribution in [0.15, 0.2) is 47.8 Å². The Hall–Kier alpha value is -2.98. The number of hydrogen-bond acceptors (Lipinski definition) is 8. The largest absolute Gasteiger partial charge is 0.497 e. The minimum atomic E-state index is -3.77. The van der Waals surface area contributed by atoms with Crippen LogP contribution in [-0.4, -0.2) is 43.8 Å². The van der Waals surface area contributed by atoms with E-state index in [0.717, 1.165) is 23.1 Å². The third-order valence-corrected chi connectivity index (χ3v) is 6.02. The predicted molar refractivity (Wildman–Crippen MR) is 121 cm³/mol. The topological polar surface area (TPSA) is 97.3 Å². The maximum Gasteiger partial charge on any atom is 0.250 e. The first kappa shape index (κ1) is 23.7. The molecule has 0 amide bonds. The summed E-state index contributed by atoms with van der Waals surface area (Å²) in [5.74, 6) is 0.251. The second-order valence-corrected chi connectivity index (χ2v) is 9.40. The molecule has 3 aromatic rings. The van der Waals surface area contributed by atoms with Crippen molar-refractivity contribution in [1.29, 1.82) is 0 Å². The highest BCUT2D eigenvalue weighted by atomic mass is 35.5. The summed E-state index contributed by atoms with van der Waals surface area (Å²) in [6, 6.07) is 10.8. The lowest BCUT2D eigenvalue weighted by Crippen LogP contribution is -2.26. The highest BCUT2D eigenvalue weighted by molar-refractivity contribution is 7.90. The molecule has 170 valence electrons. The summed E-state index contributed by atoms with van der Waals surface area (Å²) in [6.07, 6.45) is 2.59. The quantitative estimate of drug-likeness (QED) is 0.384. The molecule has 2 aromatic heterocycles. The van der Waals surface area contributed by atoms with Crippen molar-refractivity contribution in [3.05, 3.63) is 64.7 Å². The number of ether oxygens (including phenoxy) is 1. The summed E-state index contributed by atoms with van der Waals surface area (Å²) in [4.78, 5) is 13.4. The molecule has 0 fully saturated rings. The molecular formula is C21H23ClFN5O3S. The maximum absolute atomic E-state index is 14.7. The van der Waals surface area contributed by atoms with Crippen molar-refractivity contribution in [2.75, 3.05) is 30.6 Å². The van der Waals surface area contributed by atoms with E-state index in [1.54, 1.807) is 26.4 Å². The Labute approximate surface area is 191 Å². The standard InChI is InChI=1S/C21H23ClFN5O3S/c1-13(28(2)20-17(23)18(22)26-21(27-20)32(4,29)30)16-6-5-11-24-19(16)25-12-14-7-9-15(31-3)10-8-14/h5-11,13H,12H2,1-4H3,(H,24,25). The molecule has 1 atom stereocenters. The molecule has 8 nitrogen and oxygen atoms in total. The van der Waals surface area contributed by atoms with Crippen molar-refractivity contribution < 1.29 is 17.5 Å². The zero-order valence-corrected chi connectivity index (χ0v) is 19.6. The van der Waals surface area contributed by atoms with Crippen LogP contribution in [0.25, 0.3) is 0 Å². The molecule has 0 aliphatic heterocycles. The number of aromatic nitrogens is 3. The van der Waals surface area contributed by atoms with Crippen LogP contribution in [0, 0.1) is 5.82 Å². The van der Waals surface area contributed by atoms with E-state index in [-0.39, 0.29) is 5.82 Å². The summed E-state index contributed by atoms with van der Waals surface area (Å²) >= 11 is 5.84. The molecule has 1 aromatic carbocycles. The van der Waals surface area contributed by atoms with E-state index < -0.39 is 32.0 Å². The monoisotopic (exact) mass is 479 g/mol. The van der Waals surface area contributed by atoms with Gasteiger partial charge in [-0.15, -0.1) is 0 Å². The summed E-state index contributed by atoms with van der Waals surface area (Å²) in [7, 11) is -0.570. The molecule has 2 heterocycles. The number of halogens is 2. The van der Waals surface area contributed by atoms with Crippen LogP contribution in [0.1, 0.15) is 24.1 Å². The third kappa shape index (κ3) is 5.25. The average Bonchev–Trinajstić information content (AvgIpc) is 2.78. The highest BCUT2D eigenvalue weighted by Gasteiger charge is 2.25. The molecule has 0 saturated carbocycles. The van der Waals surface area contributed by atoms with Crippen molar-refractivity contribution in [2.24, 2.45) is 0 Å². The second kappa shape index (κ2) is 9.66. The van der Waals surface area contributed by atoms with Gasteiger partial charge in [-0.1, -0.05) is 29.8 Å². The summed E-state index contributed by atoms with van der Waals surface area (Å²) in [5, 5.41) is 2.19. The molecule has 0 aliphatic carbocycles. The molecule has 0 saturated heterocycles. The Morgan fingerprint density at radius 1 is 1.22 bits per heavy atom. The predicted octanol–water partition coefficient (Wildman–Crippen LogP) is 3.89. The van der Waals surface area contributed by atoms with Crippen LogP contribution < -0.4 is 15.0 Å². The Morgan fingerprint density at radius 3 is 2.53 bits per heavy atom. The minimum Gasteiger partial charge on any atom is -0.497 e. The van der Waals surface area contributed by atoms with Gasteiger partial charge < -0.3 is 15.0 Å². The Balaban J connectivity index is 1.88. The Kier molecular flexibility index (Phi) is 7.15. The summed E-state index contributed by atoms with van der Waals surface area (Å²) < 4.78 is 43.6. The van der Waals surface area contributed by atoms with E-state index in [1.807, 2.05) is 37.3 Å². The van der Waals surface area contributed by atoms with Gasteiger partial charge in [0.25, 0.3) is 0 Å². The number of nitrogens with zero attached hydrogens (tertiary/aromatic N) is 4. The van der Waals surface area contributed by atoms with Crippen molar-refractivity contribution >= 4 is 33.1 Å². The van der Waals surface area contributed by atoms with Gasteiger partial charge in [-0.2, -0.15) is 9.37 Å². The van der Waals surface area contributed by atoms with E-state index >= 15 is 0 Å². The number of hydrogen-bond donors (Lipinski definition) is 1. The van der Waals surface area contributed by atoms with Gasteiger partial charge in [0, 0.05) is 31.6 Å². The van der Waals surface area contributed by atoms with E-state index in [9.17, 15) is 12.8 Å². The fourth-order valence-electron chi connectivity index (χ4n) is 3.01. The average molecular weight is 480 g/mol. The molecule has 3 rings (SSSR count). The molecule has 32 heavy (non-hydrogen) atoms. The number of benzene rings is 1. The van der Waals surface area contributed by atoms with Gasteiger partial charge in [-0.3, -0.25) is 0 Å². The van der Waals surface area contributed by atoms with E-state index in [1.165, 1.54) is 4.90 Å². The number of pyridine rings is 1. The SMILES string of the molecule is COc1ccc(CNc2ncccc2C(C)N(C)c2nc(S(C)(=O)=O)nc(Cl)c2F)cc1. The van der Waals surface area contributed by atoms with Crippen LogP contribution in [0.2, 0.25) is 5.15 Å². The van der Waals surface area contributed by atoms with Crippen molar-refractivity contribution in [2.45, 2.75) is 24.7 Å². The number of rotatable bonds is 8. The Morgan fingerprint density at radius 2 is 1.91 bits per heavy atom. The van der Waals surface area contributed by atoms with Crippen LogP contribution in [0.5, 0.6) is 5.75 Å². The molecule has 0 spiro atoms. The first-order valence-electron chi connectivity index (χ1n) is 9.59. The van der Waals surface area contributed by atoms with Crippen molar-refractivity contribution in [1.82, 2.24) is 15.0 Å². The van der Waals surface area contributed by atoms with Gasteiger partial charge in [0.1, 0.15) is 11.6 Å².